The molecule has 0 amide bonds. The Hall–Kier alpha value is -3.19. The predicted molar refractivity (Wildman–Crippen MR) is 127 cm³/mol. The van der Waals surface area contributed by atoms with Gasteiger partial charge in [-0.05, 0) is 50.4 Å². The Balaban J connectivity index is 1.64. The molecule has 0 bridgehead atoms. The first kappa shape index (κ1) is 23.5. The van der Waals surface area contributed by atoms with Crippen molar-refractivity contribution in [3.63, 3.8) is 0 Å². The lowest BCUT2D eigenvalue weighted by Gasteiger charge is -2.11. The summed E-state index contributed by atoms with van der Waals surface area (Å²) in [5, 5.41) is 0. The molecule has 0 aliphatic heterocycles. The molecule has 0 N–H and O–H groups in total. The van der Waals surface area contributed by atoms with Crippen molar-refractivity contribution in [3.8, 4) is 23.0 Å². The van der Waals surface area contributed by atoms with Crippen molar-refractivity contribution < 1.29 is 23.4 Å². The minimum absolute atomic E-state index is 0.337. The second kappa shape index (κ2) is 12.0. The van der Waals surface area contributed by atoms with Crippen molar-refractivity contribution in [2.75, 3.05) is 25.4 Å². The van der Waals surface area contributed by atoms with E-state index in [0.29, 0.717) is 43.0 Å². The van der Waals surface area contributed by atoms with Crippen molar-refractivity contribution in [3.05, 3.63) is 71.6 Å². The van der Waals surface area contributed by atoms with E-state index < -0.39 is 0 Å². The number of hydrogen-bond donors (Lipinski definition) is 0. The fourth-order valence-corrected chi connectivity index (χ4v) is 3.21. The highest BCUT2D eigenvalue weighted by Crippen LogP contribution is 2.27. The molecule has 32 heavy (non-hydrogen) atoms. The Morgan fingerprint density at radius 2 is 1.97 bits per heavy atom. The van der Waals surface area contributed by atoms with Crippen LogP contribution in [0.25, 0.3) is 17.5 Å². The van der Waals surface area contributed by atoms with E-state index >= 15 is 0 Å². The molecule has 2 aromatic carbocycles. The predicted octanol–water partition coefficient (Wildman–Crippen LogP) is 5.55. The average Bonchev–Trinajstić information content (AvgIpc) is 3.18. The van der Waals surface area contributed by atoms with Gasteiger partial charge in [0.1, 0.15) is 23.2 Å². The number of ether oxygens (including phenoxy) is 3. The number of aromatic nitrogens is 1. The molecule has 0 atom stereocenters. The van der Waals surface area contributed by atoms with Crippen molar-refractivity contribution in [1.29, 1.82) is 0 Å². The lowest BCUT2D eigenvalue weighted by Crippen LogP contribution is -2.03. The second-order valence-corrected chi connectivity index (χ2v) is 7.64. The topological polar surface area (TPSA) is 70.8 Å². The van der Waals surface area contributed by atoms with Gasteiger partial charge >= 0.3 is 5.97 Å². The first-order valence-corrected chi connectivity index (χ1v) is 11.7. The van der Waals surface area contributed by atoms with Gasteiger partial charge in [-0.15, -0.1) is 11.8 Å². The molecule has 0 aliphatic rings. The first-order chi connectivity index (χ1) is 15.6. The molecule has 1 heterocycles. The minimum atomic E-state index is -0.388. The van der Waals surface area contributed by atoms with Gasteiger partial charge in [-0.3, -0.25) is 0 Å². The van der Waals surface area contributed by atoms with Crippen LogP contribution in [0.1, 0.15) is 23.9 Å². The molecule has 7 heteroatoms. The summed E-state index contributed by atoms with van der Waals surface area (Å²) in [6, 6.07) is 15.4. The van der Waals surface area contributed by atoms with Gasteiger partial charge < -0.3 is 18.6 Å². The maximum absolute atomic E-state index is 11.6. The summed E-state index contributed by atoms with van der Waals surface area (Å²) in [5.74, 6) is 2.82. The molecular weight excluding hydrogens is 426 g/mol. The van der Waals surface area contributed by atoms with Crippen LogP contribution in [0.3, 0.4) is 0 Å². The Bertz CT molecular complexity index is 1050. The number of carbonyl (C=O) groups is 1. The molecule has 0 radical (unpaired) electrons. The molecule has 0 aliphatic carbocycles. The molecule has 0 fully saturated rings. The molecule has 1 aromatic heterocycles. The summed E-state index contributed by atoms with van der Waals surface area (Å²) >= 11 is 1.56. The third kappa shape index (κ3) is 6.65. The monoisotopic (exact) mass is 453 g/mol. The molecule has 0 saturated heterocycles. The number of hydrogen-bond acceptors (Lipinski definition) is 7. The zero-order valence-corrected chi connectivity index (χ0v) is 19.3. The summed E-state index contributed by atoms with van der Waals surface area (Å²) in [4.78, 5) is 16.2. The number of rotatable bonds is 11. The third-order valence-electron chi connectivity index (χ3n) is 4.52. The normalized spacial score (nSPS) is 11.0. The van der Waals surface area contributed by atoms with Gasteiger partial charge in [-0.1, -0.05) is 18.2 Å². The Labute approximate surface area is 192 Å². The summed E-state index contributed by atoms with van der Waals surface area (Å²) < 4.78 is 22.5. The SMILES string of the molecule is CCOC(=O)C=Cc1ccc(OCCc2nc(-c3ccccc3)oc2C)cc1OCSC. The molecule has 3 rings (SSSR count). The van der Waals surface area contributed by atoms with Gasteiger partial charge in [0.05, 0.1) is 18.9 Å². The third-order valence-corrected chi connectivity index (χ3v) is 4.88. The van der Waals surface area contributed by atoms with Gasteiger partial charge in [0.25, 0.3) is 0 Å². The van der Waals surface area contributed by atoms with Crippen molar-refractivity contribution >= 4 is 23.8 Å². The van der Waals surface area contributed by atoms with E-state index in [2.05, 4.69) is 4.98 Å². The average molecular weight is 454 g/mol. The van der Waals surface area contributed by atoms with Gasteiger partial charge in [-0.2, -0.15) is 0 Å². The van der Waals surface area contributed by atoms with Crippen LogP contribution >= 0.6 is 11.8 Å². The molecule has 3 aromatic rings. The van der Waals surface area contributed by atoms with Crippen LogP contribution in [0, 0.1) is 6.92 Å². The lowest BCUT2D eigenvalue weighted by molar-refractivity contribution is -0.137. The van der Waals surface area contributed by atoms with Crippen molar-refractivity contribution in [2.45, 2.75) is 20.3 Å². The lowest BCUT2D eigenvalue weighted by atomic mass is 10.1. The van der Waals surface area contributed by atoms with E-state index in [1.807, 2.05) is 61.7 Å². The van der Waals surface area contributed by atoms with Crippen LogP contribution in [-0.4, -0.2) is 36.4 Å². The van der Waals surface area contributed by atoms with Crippen molar-refractivity contribution in [1.82, 2.24) is 4.98 Å². The number of esters is 1. The Kier molecular flexibility index (Phi) is 8.80. The van der Waals surface area contributed by atoms with Crippen LogP contribution in [0.5, 0.6) is 11.5 Å². The van der Waals surface area contributed by atoms with Crippen molar-refractivity contribution in [2.24, 2.45) is 0 Å². The quantitative estimate of drug-likeness (QED) is 0.214. The highest BCUT2D eigenvalue weighted by molar-refractivity contribution is 7.98. The smallest absolute Gasteiger partial charge is 0.330 e. The Morgan fingerprint density at radius 1 is 1.16 bits per heavy atom. The maximum atomic E-state index is 11.6. The zero-order valence-electron chi connectivity index (χ0n) is 18.5. The highest BCUT2D eigenvalue weighted by atomic mass is 32.2. The standard InChI is InChI=1S/C25H27NO5S/c1-4-28-24(27)13-11-19-10-12-21(16-23(19)30-17-32-3)29-15-14-22-18(2)31-25(26-22)20-8-6-5-7-9-20/h5-13,16H,4,14-15,17H2,1-3H3. The summed E-state index contributed by atoms with van der Waals surface area (Å²) in [7, 11) is 0. The first-order valence-electron chi connectivity index (χ1n) is 10.4. The van der Waals surface area contributed by atoms with E-state index in [1.165, 1.54) is 6.08 Å². The fraction of sp³-hybridized carbons (Fsp3) is 0.280. The highest BCUT2D eigenvalue weighted by Gasteiger charge is 2.12. The van der Waals surface area contributed by atoms with E-state index in [1.54, 1.807) is 24.8 Å². The minimum Gasteiger partial charge on any atom is -0.493 e. The number of oxazole rings is 1. The summed E-state index contributed by atoms with van der Waals surface area (Å²) in [5.41, 5.74) is 2.60. The van der Waals surface area contributed by atoms with Crippen LogP contribution in [0.4, 0.5) is 0 Å². The number of benzene rings is 2. The van der Waals surface area contributed by atoms with Gasteiger partial charge in [0.2, 0.25) is 5.89 Å². The van der Waals surface area contributed by atoms with Crippen LogP contribution in [0.2, 0.25) is 0 Å². The number of aryl methyl sites for hydroxylation is 1. The molecule has 0 spiro atoms. The maximum Gasteiger partial charge on any atom is 0.330 e. The van der Waals surface area contributed by atoms with Gasteiger partial charge in [0, 0.05) is 29.7 Å². The van der Waals surface area contributed by atoms with Crippen LogP contribution in [-0.2, 0) is 16.0 Å². The summed E-state index contributed by atoms with van der Waals surface area (Å²) in [6.07, 6.45) is 5.65. The van der Waals surface area contributed by atoms with Crippen LogP contribution < -0.4 is 9.47 Å². The van der Waals surface area contributed by atoms with Crippen LogP contribution in [0.15, 0.2) is 59.0 Å². The Morgan fingerprint density at radius 3 is 2.72 bits per heavy atom. The largest absolute Gasteiger partial charge is 0.493 e. The summed E-state index contributed by atoms with van der Waals surface area (Å²) in [6.45, 7) is 4.47. The van der Waals surface area contributed by atoms with Gasteiger partial charge in [0.15, 0.2) is 0 Å². The van der Waals surface area contributed by atoms with E-state index in [4.69, 9.17) is 18.6 Å². The van der Waals surface area contributed by atoms with E-state index in [0.717, 1.165) is 22.6 Å². The number of nitrogens with zero attached hydrogens (tertiary/aromatic N) is 1. The molecule has 0 unspecified atom stereocenters. The molecule has 6 nitrogen and oxygen atoms in total. The number of thioether (sulfide) groups is 1. The number of carbonyl (C=O) groups excluding carboxylic acids is 1. The zero-order chi connectivity index (χ0) is 22.8. The molecular formula is C25H27NO5S. The molecule has 0 saturated carbocycles. The van der Waals surface area contributed by atoms with Gasteiger partial charge in [-0.25, -0.2) is 9.78 Å². The fourth-order valence-electron chi connectivity index (χ4n) is 2.97. The molecule has 168 valence electrons. The van der Waals surface area contributed by atoms with E-state index in [9.17, 15) is 4.79 Å². The van der Waals surface area contributed by atoms with E-state index in [-0.39, 0.29) is 5.97 Å². The second-order valence-electron chi connectivity index (χ2n) is 6.82.